The Morgan fingerprint density at radius 3 is 2.42 bits per heavy atom. The summed E-state index contributed by atoms with van der Waals surface area (Å²) in [5.74, 6) is 0.412. The highest BCUT2D eigenvalue weighted by molar-refractivity contribution is 7.89. The molecule has 36 heavy (non-hydrogen) atoms. The molecule has 0 unspecified atom stereocenters. The third kappa shape index (κ3) is 5.78. The Bertz CT molecular complexity index is 1310. The van der Waals surface area contributed by atoms with E-state index in [1.807, 2.05) is 18.4 Å². The third-order valence-corrected chi connectivity index (χ3v) is 9.65. The number of aryl methyl sites for hydroxylation is 1. The summed E-state index contributed by atoms with van der Waals surface area (Å²) in [5, 5.41) is 2.64. The van der Waals surface area contributed by atoms with E-state index < -0.39 is 15.6 Å². The van der Waals surface area contributed by atoms with Crippen LogP contribution in [0.1, 0.15) is 42.8 Å². The minimum atomic E-state index is -3.89. The van der Waals surface area contributed by atoms with Crippen LogP contribution in [0.15, 0.2) is 64.9 Å². The first-order valence-corrected chi connectivity index (χ1v) is 14.5. The van der Waals surface area contributed by atoms with Crippen LogP contribution in [-0.2, 0) is 21.2 Å². The minimum Gasteiger partial charge on any atom is -0.491 e. The molecule has 0 saturated carbocycles. The number of rotatable bonds is 7. The first-order chi connectivity index (χ1) is 17.0. The van der Waals surface area contributed by atoms with Crippen LogP contribution in [0.5, 0.6) is 5.75 Å². The van der Waals surface area contributed by atoms with Crippen molar-refractivity contribution >= 4 is 38.9 Å². The number of carbonyl (C=O) groups is 1. The van der Waals surface area contributed by atoms with Gasteiger partial charge in [-0.05, 0) is 87.5 Å². The van der Waals surface area contributed by atoms with E-state index in [0.29, 0.717) is 17.3 Å². The fraction of sp³-hybridized carbons (Fsp3) is 0.370. The number of amides is 1. The van der Waals surface area contributed by atoms with Crippen LogP contribution in [-0.4, -0.2) is 48.8 Å². The molecule has 1 aliphatic heterocycles. The maximum absolute atomic E-state index is 13.7. The second-order valence-corrected chi connectivity index (χ2v) is 13.2. The number of hydrogen-bond donors (Lipinski definition) is 0. The van der Waals surface area contributed by atoms with Crippen LogP contribution in [0.4, 0.5) is 0 Å². The molecule has 0 N–H and O–H groups in total. The Balaban J connectivity index is 1.59. The molecule has 192 valence electrons. The number of fused-ring (bicyclic) bond motifs is 1. The lowest BCUT2D eigenvalue weighted by Crippen LogP contribution is -2.52. The van der Waals surface area contributed by atoms with Crippen LogP contribution in [0.25, 0.3) is 0 Å². The van der Waals surface area contributed by atoms with E-state index in [1.165, 1.54) is 9.18 Å². The molecule has 4 rings (SSSR count). The van der Waals surface area contributed by atoms with Gasteiger partial charge in [-0.25, -0.2) is 8.42 Å². The van der Waals surface area contributed by atoms with Crippen LogP contribution in [0.2, 0.25) is 5.02 Å². The van der Waals surface area contributed by atoms with Gasteiger partial charge < -0.3 is 9.64 Å². The Morgan fingerprint density at radius 2 is 1.78 bits per heavy atom. The van der Waals surface area contributed by atoms with E-state index in [4.69, 9.17) is 16.3 Å². The Hall–Kier alpha value is -2.39. The van der Waals surface area contributed by atoms with Gasteiger partial charge in [-0.3, -0.25) is 4.79 Å². The highest BCUT2D eigenvalue weighted by Gasteiger charge is 2.39. The number of thiophene rings is 1. The molecule has 0 radical (unpaired) electrons. The van der Waals surface area contributed by atoms with Crippen molar-refractivity contribution in [1.82, 2.24) is 9.21 Å². The zero-order valence-electron chi connectivity index (χ0n) is 20.9. The first kappa shape index (κ1) is 26.7. The molecule has 0 aliphatic carbocycles. The van der Waals surface area contributed by atoms with E-state index in [0.717, 1.165) is 17.5 Å². The van der Waals surface area contributed by atoms with Gasteiger partial charge >= 0.3 is 0 Å². The Kier molecular flexibility index (Phi) is 7.80. The second kappa shape index (κ2) is 10.5. The van der Waals surface area contributed by atoms with Crippen molar-refractivity contribution in [3.05, 3.63) is 81.0 Å². The molecular weight excluding hydrogens is 516 g/mol. The van der Waals surface area contributed by atoms with Gasteiger partial charge in [0.15, 0.2) is 0 Å². The zero-order chi connectivity index (χ0) is 26.1. The lowest BCUT2D eigenvalue weighted by Gasteiger charge is -2.39. The molecule has 0 spiro atoms. The summed E-state index contributed by atoms with van der Waals surface area (Å²) in [7, 11) is -3.89. The van der Waals surface area contributed by atoms with Gasteiger partial charge in [0, 0.05) is 22.0 Å². The number of ether oxygens (including phenoxy) is 1. The highest BCUT2D eigenvalue weighted by Crippen LogP contribution is 2.35. The topological polar surface area (TPSA) is 66.9 Å². The van der Waals surface area contributed by atoms with Crippen molar-refractivity contribution in [2.45, 2.75) is 50.6 Å². The molecule has 0 saturated heterocycles. The summed E-state index contributed by atoms with van der Waals surface area (Å²) in [5.41, 5.74) is 1.23. The number of nitrogens with zero attached hydrogens (tertiary/aromatic N) is 2. The third-order valence-electron chi connectivity index (χ3n) is 6.27. The van der Waals surface area contributed by atoms with Gasteiger partial charge in [-0.15, -0.1) is 11.3 Å². The van der Waals surface area contributed by atoms with E-state index in [-0.39, 0.29) is 30.0 Å². The predicted octanol–water partition coefficient (Wildman–Crippen LogP) is 5.70. The molecule has 1 aliphatic rings. The molecule has 1 amide bonds. The maximum Gasteiger partial charge on any atom is 0.244 e. The highest BCUT2D eigenvalue weighted by atomic mass is 35.5. The molecular formula is C27H31ClN2O4S2. The Labute approximate surface area is 222 Å². The summed E-state index contributed by atoms with van der Waals surface area (Å²) in [6.45, 7) is 7.83. The number of halogens is 1. The second-order valence-electron chi connectivity index (χ2n) is 9.91. The van der Waals surface area contributed by atoms with E-state index in [1.54, 1.807) is 85.5 Å². The van der Waals surface area contributed by atoms with Crippen molar-refractivity contribution in [2.24, 2.45) is 0 Å². The van der Waals surface area contributed by atoms with E-state index >= 15 is 0 Å². The fourth-order valence-electron chi connectivity index (χ4n) is 4.31. The van der Waals surface area contributed by atoms with Gasteiger partial charge in [0.2, 0.25) is 15.9 Å². The van der Waals surface area contributed by atoms with Gasteiger partial charge in [-0.1, -0.05) is 29.3 Å². The van der Waals surface area contributed by atoms with Crippen molar-refractivity contribution in [1.29, 1.82) is 0 Å². The molecule has 2 heterocycles. The van der Waals surface area contributed by atoms with E-state index in [9.17, 15) is 13.2 Å². The largest absolute Gasteiger partial charge is 0.491 e. The van der Waals surface area contributed by atoms with Crippen LogP contribution >= 0.6 is 22.9 Å². The van der Waals surface area contributed by atoms with Crippen LogP contribution < -0.4 is 4.74 Å². The molecule has 1 atom stereocenters. The molecule has 9 heteroatoms. The summed E-state index contributed by atoms with van der Waals surface area (Å²) in [4.78, 5) is 16.9. The summed E-state index contributed by atoms with van der Waals surface area (Å²) < 4.78 is 34.6. The smallest absolute Gasteiger partial charge is 0.244 e. The lowest BCUT2D eigenvalue weighted by molar-refractivity contribution is -0.135. The van der Waals surface area contributed by atoms with Crippen molar-refractivity contribution in [3.63, 3.8) is 0 Å². The van der Waals surface area contributed by atoms with Crippen molar-refractivity contribution in [2.75, 3.05) is 19.7 Å². The van der Waals surface area contributed by atoms with Gasteiger partial charge in [0.25, 0.3) is 0 Å². The number of carbonyl (C=O) groups excluding carboxylic acids is 1. The van der Waals surface area contributed by atoms with Gasteiger partial charge in [0.05, 0.1) is 17.5 Å². The normalized spacial score (nSPS) is 16.2. The average Bonchev–Trinajstić information content (AvgIpc) is 3.30. The average molecular weight is 547 g/mol. The fourth-order valence-corrected chi connectivity index (χ4v) is 7.10. The first-order valence-electron chi connectivity index (χ1n) is 11.8. The molecule has 2 aromatic carbocycles. The molecule has 3 aromatic rings. The monoisotopic (exact) mass is 546 g/mol. The summed E-state index contributed by atoms with van der Waals surface area (Å²) in [6, 6.07) is 15.5. The quantitative estimate of drug-likeness (QED) is 0.381. The summed E-state index contributed by atoms with van der Waals surface area (Å²) in [6.07, 6.45) is 0.733. The van der Waals surface area contributed by atoms with Crippen LogP contribution in [0, 0.1) is 6.92 Å². The molecule has 0 fully saturated rings. The predicted molar refractivity (Wildman–Crippen MR) is 144 cm³/mol. The van der Waals surface area contributed by atoms with Crippen molar-refractivity contribution < 1.29 is 17.9 Å². The molecule has 0 bridgehead atoms. The standard InChI is InChI=1S/C27H31ClN2O4S2/c1-19-5-11-22(12-6-19)36(32,33)30(27(2,3)4)17-26(31)29-15-13-25-23(14-16-35-25)24(29)18-34-21-9-7-20(28)8-10-21/h5-12,14,16,24H,13,15,17-18H2,1-4H3/t24-/m1/s1. The lowest BCUT2D eigenvalue weighted by atomic mass is 10.00. The SMILES string of the molecule is Cc1ccc(S(=O)(=O)N(CC(=O)N2CCc3sccc3[C@H]2COc2ccc(Cl)cc2)C(C)(C)C)cc1. The maximum atomic E-state index is 13.7. The van der Waals surface area contributed by atoms with Crippen molar-refractivity contribution in [3.8, 4) is 5.75 Å². The zero-order valence-corrected chi connectivity index (χ0v) is 23.3. The number of hydrogen-bond acceptors (Lipinski definition) is 5. The van der Waals surface area contributed by atoms with Crippen LogP contribution in [0.3, 0.4) is 0 Å². The minimum absolute atomic E-state index is 0.178. The van der Waals surface area contributed by atoms with Gasteiger partial charge in [-0.2, -0.15) is 4.31 Å². The molecule has 6 nitrogen and oxygen atoms in total. The number of sulfonamides is 1. The molecule has 1 aromatic heterocycles. The van der Waals surface area contributed by atoms with E-state index in [2.05, 4.69) is 0 Å². The Morgan fingerprint density at radius 1 is 1.11 bits per heavy atom. The number of benzene rings is 2. The summed E-state index contributed by atoms with van der Waals surface area (Å²) >= 11 is 7.66. The van der Waals surface area contributed by atoms with Gasteiger partial charge in [0.1, 0.15) is 12.4 Å².